The average molecular weight is 295 g/mol. The van der Waals surface area contributed by atoms with Crippen LogP contribution in [0.1, 0.15) is 18.4 Å². The molecular formula is C17H17N3S. The van der Waals surface area contributed by atoms with Crippen molar-refractivity contribution in [1.82, 2.24) is 4.98 Å². The van der Waals surface area contributed by atoms with Crippen LogP contribution >= 0.6 is 11.3 Å². The minimum Gasteiger partial charge on any atom is -0.397 e. The van der Waals surface area contributed by atoms with E-state index in [1.165, 1.54) is 24.1 Å². The Hall–Kier alpha value is -2.07. The van der Waals surface area contributed by atoms with E-state index < -0.39 is 0 Å². The molecule has 1 saturated carbocycles. The summed E-state index contributed by atoms with van der Waals surface area (Å²) in [5.41, 5.74) is 10.4. The van der Waals surface area contributed by atoms with Crippen LogP contribution in [0, 0.1) is 0 Å². The molecule has 4 rings (SSSR count). The second kappa shape index (κ2) is 5.04. The zero-order chi connectivity index (χ0) is 14.2. The molecule has 21 heavy (non-hydrogen) atoms. The lowest BCUT2D eigenvalue weighted by Gasteiger charge is -2.26. The summed E-state index contributed by atoms with van der Waals surface area (Å²) in [5, 5.41) is 5.52. The monoisotopic (exact) mass is 295 g/mol. The van der Waals surface area contributed by atoms with E-state index in [0.29, 0.717) is 6.04 Å². The van der Waals surface area contributed by atoms with Crippen LogP contribution in [0.4, 0.5) is 11.4 Å². The fourth-order valence-corrected chi connectivity index (χ4v) is 3.47. The summed E-state index contributed by atoms with van der Waals surface area (Å²) in [6.07, 6.45) is 4.42. The molecule has 0 radical (unpaired) electrons. The highest BCUT2D eigenvalue weighted by atomic mass is 32.1. The Labute approximate surface area is 128 Å². The topological polar surface area (TPSA) is 42.1 Å². The van der Waals surface area contributed by atoms with Crippen molar-refractivity contribution >= 4 is 33.6 Å². The normalized spacial score (nSPS) is 14.5. The summed E-state index contributed by atoms with van der Waals surface area (Å²) in [5.74, 6) is 0. The number of aromatic nitrogens is 1. The Morgan fingerprint density at radius 3 is 2.90 bits per heavy atom. The van der Waals surface area contributed by atoms with Gasteiger partial charge in [0, 0.05) is 29.9 Å². The summed E-state index contributed by atoms with van der Waals surface area (Å²) in [6, 6.07) is 11.0. The first-order valence-corrected chi connectivity index (χ1v) is 8.18. The number of anilines is 2. The van der Waals surface area contributed by atoms with Crippen molar-refractivity contribution in [2.45, 2.75) is 25.4 Å². The maximum atomic E-state index is 6.07. The zero-order valence-electron chi connectivity index (χ0n) is 11.7. The molecule has 1 aromatic carbocycles. The summed E-state index contributed by atoms with van der Waals surface area (Å²) in [7, 11) is 0. The summed E-state index contributed by atoms with van der Waals surface area (Å²) in [4.78, 5) is 6.96. The minimum absolute atomic E-state index is 0.650. The lowest BCUT2D eigenvalue weighted by molar-refractivity contribution is 0.800. The Balaban J connectivity index is 1.81. The van der Waals surface area contributed by atoms with E-state index in [1.54, 1.807) is 11.3 Å². The highest BCUT2D eigenvalue weighted by Gasteiger charge is 2.30. The molecule has 0 atom stereocenters. The standard InChI is InChI=1S/C17H17N3S/c18-15-3-1-2-14-16(6-8-19-17(14)15)20(13-4-5-13)10-12-7-9-21-11-12/h1-3,6-9,11,13H,4-5,10,18H2. The SMILES string of the molecule is Nc1cccc2c(N(Cc3ccsc3)C3CC3)ccnc12. The van der Waals surface area contributed by atoms with Gasteiger partial charge in [0.15, 0.2) is 0 Å². The van der Waals surface area contributed by atoms with E-state index in [4.69, 9.17) is 5.73 Å². The average Bonchev–Trinajstić information content (AvgIpc) is 3.22. The third-order valence-corrected chi connectivity index (χ3v) is 4.74. The molecular weight excluding hydrogens is 278 g/mol. The molecule has 3 aromatic rings. The van der Waals surface area contributed by atoms with Crippen molar-refractivity contribution in [2.75, 3.05) is 10.6 Å². The van der Waals surface area contributed by atoms with Crippen LogP contribution < -0.4 is 10.6 Å². The highest BCUT2D eigenvalue weighted by molar-refractivity contribution is 7.07. The summed E-state index contributed by atoms with van der Waals surface area (Å²) >= 11 is 1.76. The molecule has 2 N–H and O–H groups in total. The van der Waals surface area contributed by atoms with Crippen LogP contribution in [0.25, 0.3) is 10.9 Å². The van der Waals surface area contributed by atoms with Crippen molar-refractivity contribution < 1.29 is 0 Å². The molecule has 0 aliphatic heterocycles. The number of nitrogen functional groups attached to an aromatic ring is 1. The first-order chi connectivity index (χ1) is 10.3. The van der Waals surface area contributed by atoms with Gasteiger partial charge >= 0.3 is 0 Å². The van der Waals surface area contributed by atoms with Crippen LogP contribution in [-0.2, 0) is 6.54 Å². The van der Waals surface area contributed by atoms with E-state index in [1.807, 2.05) is 18.3 Å². The second-order valence-corrected chi connectivity index (χ2v) is 6.34. The maximum Gasteiger partial charge on any atom is 0.0951 e. The van der Waals surface area contributed by atoms with Crippen molar-refractivity contribution in [2.24, 2.45) is 0 Å². The van der Waals surface area contributed by atoms with Gasteiger partial charge in [-0.2, -0.15) is 11.3 Å². The summed E-state index contributed by atoms with van der Waals surface area (Å²) < 4.78 is 0. The lowest BCUT2D eigenvalue weighted by atomic mass is 10.1. The molecule has 2 aromatic heterocycles. The van der Waals surface area contributed by atoms with Crippen LogP contribution in [0.15, 0.2) is 47.3 Å². The second-order valence-electron chi connectivity index (χ2n) is 5.56. The molecule has 0 amide bonds. The Morgan fingerprint density at radius 1 is 1.24 bits per heavy atom. The van der Waals surface area contributed by atoms with E-state index in [9.17, 15) is 0 Å². The maximum absolute atomic E-state index is 6.07. The van der Waals surface area contributed by atoms with E-state index in [0.717, 1.165) is 23.1 Å². The Morgan fingerprint density at radius 2 is 2.14 bits per heavy atom. The third-order valence-electron chi connectivity index (χ3n) is 4.01. The number of pyridine rings is 1. The van der Waals surface area contributed by atoms with Gasteiger partial charge in [-0.15, -0.1) is 0 Å². The van der Waals surface area contributed by atoms with Crippen LogP contribution in [0.3, 0.4) is 0 Å². The molecule has 0 spiro atoms. The number of fused-ring (bicyclic) bond motifs is 1. The number of rotatable bonds is 4. The van der Waals surface area contributed by atoms with Gasteiger partial charge in [0.2, 0.25) is 0 Å². The van der Waals surface area contributed by atoms with Crippen molar-refractivity contribution in [3.8, 4) is 0 Å². The molecule has 1 fully saturated rings. The first kappa shape index (κ1) is 12.7. The van der Waals surface area contributed by atoms with Gasteiger partial charge in [0.25, 0.3) is 0 Å². The molecule has 2 heterocycles. The molecule has 3 nitrogen and oxygen atoms in total. The zero-order valence-corrected chi connectivity index (χ0v) is 12.5. The minimum atomic E-state index is 0.650. The van der Waals surface area contributed by atoms with Gasteiger partial charge in [0.1, 0.15) is 0 Å². The molecule has 1 aliphatic rings. The van der Waals surface area contributed by atoms with Crippen LogP contribution in [-0.4, -0.2) is 11.0 Å². The molecule has 1 aliphatic carbocycles. The molecule has 0 saturated heterocycles. The number of benzene rings is 1. The fourth-order valence-electron chi connectivity index (χ4n) is 2.81. The fraction of sp³-hybridized carbons (Fsp3) is 0.235. The predicted octanol–water partition coefficient (Wildman–Crippen LogP) is 4.05. The van der Waals surface area contributed by atoms with Crippen LogP contribution in [0.2, 0.25) is 0 Å². The third kappa shape index (κ3) is 2.36. The number of para-hydroxylation sites is 1. The number of thiophene rings is 1. The van der Waals surface area contributed by atoms with Gasteiger partial charge in [-0.05, 0) is 47.4 Å². The predicted molar refractivity (Wildman–Crippen MR) is 89.7 cm³/mol. The lowest BCUT2D eigenvalue weighted by Crippen LogP contribution is -2.25. The largest absolute Gasteiger partial charge is 0.397 e. The molecule has 0 bridgehead atoms. The number of nitrogens with zero attached hydrogens (tertiary/aromatic N) is 2. The van der Waals surface area contributed by atoms with Gasteiger partial charge in [0.05, 0.1) is 11.2 Å². The Kier molecular flexibility index (Phi) is 3.04. The van der Waals surface area contributed by atoms with Gasteiger partial charge < -0.3 is 10.6 Å². The van der Waals surface area contributed by atoms with Crippen LogP contribution in [0.5, 0.6) is 0 Å². The van der Waals surface area contributed by atoms with Gasteiger partial charge in [-0.25, -0.2) is 0 Å². The van der Waals surface area contributed by atoms with Crippen molar-refractivity contribution in [3.63, 3.8) is 0 Å². The van der Waals surface area contributed by atoms with E-state index in [-0.39, 0.29) is 0 Å². The smallest absolute Gasteiger partial charge is 0.0951 e. The van der Waals surface area contributed by atoms with Crippen molar-refractivity contribution in [3.05, 3.63) is 52.9 Å². The van der Waals surface area contributed by atoms with Crippen molar-refractivity contribution in [1.29, 1.82) is 0 Å². The number of nitrogens with two attached hydrogens (primary N) is 1. The van der Waals surface area contributed by atoms with E-state index in [2.05, 4.69) is 38.8 Å². The van der Waals surface area contributed by atoms with E-state index >= 15 is 0 Å². The Bertz CT molecular complexity index is 763. The quantitative estimate of drug-likeness (QED) is 0.738. The number of hydrogen-bond acceptors (Lipinski definition) is 4. The number of hydrogen-bond donors (Lipinski definition) is 1. The first-order valence-electron chi connectivity index (χ1n) is 7.24. The molecule has 106 valence electrons. The molecule has 0 unspecified atom stereocenters. The van der Waals surface area contributed by atoms with Gasteiger partial charge in [-0.3, -0.25) is 4.98 Å². The summed E-state index contributed by atoms with van der Waals surface area (Å²) in [6.45, 7) is 0.960. The highest BCUT2D eigenvalue weighted by Crippen LogP contribution is 2.37. The van der Waals surface area contributed by atoms with Gasteiger partial charge in [-0.1, -0.05) is 12.1 Å². The molecule has 4 heteroatoms.